The van der Waals surface area contributed by atoms with E-state index in [4.69, 9.17) is 12.2 Å². The first-order valence-electron chi connectivity index (χ1n) is 9.13. The van der Waals surface area contributed by atoms with Crippen molar-refractivity contribution in [3.63, 3.8) is 0 Å². The Morgan fingerprint density at radius 1 is 1.30 bits per heavy atom. The first-order chi connectivity index (χ1) is 13.0. The molecule has 138 valence electrons. The van der Waals surface area contributed by atoms with Gasteiger partial charge in [0, 0.05) is 19.2 Å². The van der Waals surface area contributed by atoms with Crippen molar-refractivity contribution in [2.45, 2.75) is 32.4 Å². The number of hydrogen-bond donors (Lipinski definition) is 1. The first-order valence-corrected chi connectivity index (χ1v) is 9.54. The lowest BCUT2D eigenvalue weighted by molar-refractivity contribution is 0.0730. The summed E-state index contributed by atoms with van der Waals surface area (Å²) in [7, 11) is 1.84. The fourth-order valence-corrected chi connectivity index (χ4v) is 4.28. The minimum Gasteiger partial charge on any atom is -0.335 e. The minimum atomic E-state index is -0.131. The summed E-state index contributed by atoms with van der Waals surface area (Å²) in [6.45, 7) is 2.39. The predicted molar refractivity (Wildman–Crippen MR) is 109 cm³/mol. The van der Waals surface area contributed by atoms with Gasteiger partial charge in [-0.3, -0.25) is 14.2 Å². The molecule has 3 aromatic rings. The van der Waals surface area contributed by atoms with Gasteiger partial charge in [0.15, 0.2) is 4.77 Å². The van der Waals surface area contributed by atoms with Crippen LogP contribution >= 0.6 is 12.2 Å². The summed E-state index contributed by atoms with van der Waals surface area (Å²) in [5, 5.41) is 0.538. The van der Waals surface area contributed by atoms with E-state index in [1.54, 1.807) is 23.1 Å². The van der Waals surface area contributed by atoms with E-state index in [1.165, 1.54) is 15.7 Å². The average Bonchev–Trinajstić information content (AvgIpc) is 3.11. The number of hydrogen-bond acceptors (Lipinski definition) is 3. The summed E-state index contributed by atoms with van der Waals surface area (Å²) in [6, 6.07) is 13.5. The van der Waals surface area contributed by atoms with Crippen LogP contribution in [0.1, 0.15) is 40.9 Å². The van der Waals surface area contributed by atoms with Crippen LogP contribution in [-0.4, -0.2) is 27.4 Å². The molecule has 2 aromatic carbocycles. The fourth-order valence-electron chi connectivity index (χ4n) is 3.96. The van der Waals surface area contributed by atoms with Gasteiger partial charge < -0.3 is 9.88 Å². The smallest absolute Gasteiger partial charge is 0.262 e. The quantitative estimate of drug-likeness (QED) is 0.704. The number of benzene rings is 2. The molecule has 0 saturated carbocycles. The lowest BCUT2D eigenvalue weighted by Gasteiger charge is -2.25. The zero-order valence-corrected chi connectivity index (χ0v) is 16.2. The van der Waals surface area contributed by atoms with Crippen molar-refractivity contribution in [2.24, 2.45) is 0 Å². The number of nitrogens with one attached hydrogen (secondary N) is 1. The Bertz CT molecular complexity index is 1160. The minimum absolute atomic E-state index is 0.0578. The molecule has 1 aliphatic carbocycles. The molecule has 1 unspecified atom stereocenters. The third-order valence-corrected chi connectivity index (χ3v) is 5.76. The molecule has 1 amide bonds. The molecule has 0 fully saturated rings. The van der Waals surface area contributed by atoms with E-state index in [2.05, 4.69) is 17.1 Å². The number of aromatic nitrogens is 2. The highest BCUT2D eigenvalue weighted by Crippen LogP contribution is 2.35. The second kappa shape index (κ2) is 6.78. The van der Waals surface area contributed by atoms with Crippen LogP contribution in [0.5, 0.6) is 0 Å². The zero-order chi connectivity index (χ0) is 19.1. The first kappa shape index (κ1) is 17.7. The number of carbonyl (C=O) groups is 1. The molecule has 5 nitrogen and oxygen atoms in total. The Balaban J connectivity index is 1.71. The van der Waals surface area contributed by atoms with Crippen LogP contribution in [0.2, 0.25) is 0 Å². The van der Waals surface area contributed by atoms with E-state index in [9.17, 15) is 9.59 Å². The van der Waals surface area contributed by atoms with Crippen LogP contribution in [0.4, 0.5) is 0 Å². The van der Waals surface area contributed by atoms with Gasteiger partial charge in [0.25, 0.3) is 11.5 Å². The summed E-state index contributed by atoms with van der Waals surface area (Å²) < 4.78 is 1.89. The molecule has 0 spiro atoms. The van der Waals surface area contributed by atoms with Crippen molar-refractivity contribution in [1.82, 2.24) is 14.5 Å². The molecular formula is C21H21N3O2S. The Morgan fingerprint density at radius 3 is 2.85 bits per heavy atom. The van der Waals surface area contributed by atoms with Crippen LogP contribution in [-0.2, 0) is 13.0 Å². The Morgan fingerprint density at radius 2 is 2.07 bits per heavy atom. The van der Waals surface area contributed by atoms with Crippen molar-refractivity contribution in [1.29, 1.82) is 0 Å². The van der Waals surface area contributed by atoms with Gasteiger partial charge in [0.1, 0.15) is 0 Å². The molecule has 6 heteroatoms. The van der Waals surface area contributed by atoms with E-state index in [0.717, 1.165) is 12.8 Å². The Labute approximate surface area is 162 Å². The standard InChI is InChI=1S/C21H21N3O2S/c1-3-24-20(26)16-10-8-14(12-17(16)22-21(24)27)19(25)23(2)18-11-9-13-6-4-5-7-15(13)18/h4-8,10,12,18H,3,9,11H2,1-2H3,(H,22,27). The van der Waals surface area contributed by atoms with E-state index in [0.29, 0.717) is 27.8 Å². The van der Waals surface area contributed by atoms with E-state index < -0.39 is 0 Å². The third kappa shape index (κ3) is 2.90. The van der Waals surface area contributed by atoms with Gasteiger partial charge in [-0.05, 0) is 61.3 Å². The summed E-state index contributed by atoms with van der Waals surface area (Å²) in [4.78, 5) is 30.5. The highest BCUT2D eigenvalue weighted by Gasteiger charge is 2.28. The van der Waals surface area contributed by atoms with Crippen LogP contribution < -0.4 is 5.56 Å². The maximum absolute atomic E-state index is 13.1. The van der Waals surface area contributed by atoms with Crippen molar-refractivity contribution in [2.75, 3.05) is 7.05 Å². The lowest BCUT2D eigenvalue weighted by Crippen LogP contribution is -2.30. The van der Waals surface area contributed by atoms with Gasteiger partial charge in [-0.1, -0.05) is 24.3 Å². The maximum Gasteiger partial charge on any atom is 0.262 e. The van der Waals surface area contributed by atoms with E-state index >= 15 is 0 Å². The number of amides is 1. The van der Waals surface area contributed by atoms with Crippen LogP contribution in [0.3, 0.4) is 0 Å². The molecule has 0 radical (unpaired) electrons. The van der Waals surface area contributed by atoms with Gasteiger partial charge in [-0.2, -0.15) is 0 Å². The van der Waals surface area contributed by atoms with Crippen molar-refractivity contribution < 1.29 is 4.79 Å². The number of H-pyrrole nitrogens is 1. The van der Waals surface area contributed by atoms with Crippen molar-refractivity contribution in [3.8, 4) is 0 Å². The van der Waals surface area contributed by atoms with Crippen molar-refractivity contribution >= 4 is 29.0 Å². The van der Waals surface area contributed by atoms with Crippen molar-refractivity contribution in [3.05, 3.63) is 74.3 Å². The van der Waals surface area contributed by atoms with E-state index in [-0.39, 0.29) is 17.5 Å². The average molecular weight is 379 g/mol. The van der Waals surface area contributed by atoms with Gasteiger partial charge in [0.2, 0.25) is 0 Å². The molecule has 1 aliphatic rings. The number of fused-ring (bicyclic) bond motifs is 2. The second-order valence-corrected chi connectivity index (χ2v) is 7.30. The lowest BCUT2D eigenvalue weighted by atomic mass is 10.1. The summed E-state index contributed by atoms with van der Waals surface area (Å²) >= 11 is 5.27. The van der Waals surface area contributed by atoms with Gasteiger partial charge in [-0.15, -0.1) is 0 Å². The highest BCUT2D eigenvalue weighted by molar-refractivity contribution is 7.71. The Hall–Kier alpha value is -2.73. The third-order valence-electron chi connectivity index (χ3n) is 5.43. The molecule has 1 heterocycles. The SMILES string of the molecule is CCn1c(=S)[nH]c2cc(C(=O)N(C)C3CCc4ccccc43)ccc2c1=O. The Kier molecular flexibility index (Phi) is 4.44. The van der Waals surface area contributed by atoms with Gasteiger partial charge in [-0.25, -0.2) is 0 Å². The molecule has 1 N–H and O–H groups in total. The number of rotatable bonds is 3. The molecule has 1 atom stereocenters. The molecule has 0 bridgehead atoms. The second-order valence-electron chi connectivity index (χ2n) is 6.91. The van der Waals surface area contributed by atoms with Crippen LogP contribution in [0, 0.1) is 4.77 Å². The number of aryl methyl sites for hydroxylation is 1. The molecule has 4 rings (SSSR count). The summed E-state index contributed by atoms with van der Waals surface area (Å²) in [5.74, 6) is -0.0578. The van der Waals surface area contributed by atoms with Crippen LogP contribution in [0.25, 0.3) is 10.9 Å². The molecular weight excluding hydrogens is 358 g/mol. The van der Waals surface area contributed by atoms with E-state index in [1.807, 2.05) is 26.1 Å². The maximum atomic E-state index is 13.1. The summed E-state index contributed by atoms with van der Waals surface area (Å²) in [6.07, 6.45) is 1.92. The van der Waals surface area contributed by atoms with Gasteiger partial charge in [0.05, 0.1) is 16.9 Å². The largest absolute Gasteiger partial charge is 0.335 e. The molecule has 1 aromatic heterocycles. The predicted octanol–water partition coefficient (Wildman–Crippen LogP) is 3.84. The normalized spacial score (nSPS) is 15.7. The monoisotopic (exact) mass is 379 g/mol. The summed E-state index contributed by atoms with van der Waals surface area (Å²) in [5.41, 5.74) is 3.55. The van der Waals surface area contributed by atoms with Crippen LogP contribution in [0.15, 0.2) is 47.3 Å². The van der Waals surface area contributed by atoms with Gasteiger partial charge >= 0.3 is 0 Å². The number of nitrogens with zero attached hydrogens (tertiary/aromatic N) is 2. The molecule has 0 aliphatic heterocycles. The topological polar surface area (TPSA) is 58.1 Å². The molecule has 0 saturated heterocycles. The highest BCUT2D eigenvalue weighted by atomic mass is 32.1. The molecule has 27 heavy (non-hydrogen) atoms. The number of aromatic amines is 1. The fraction of sp³-hybridized carbons (Fsp3) is 0.286. The number of carbonyl (C=O) groups excluding carboxylic acids is 1. The zero-order valence-electron chi connectivity index (χ0n) is 15.4.